The number of aliphatic hydroxyl groups is 1. The molecule has 1 aliphatic carbocycles. The predicted octanol–water partition coefficient (Wildman–Crippen LogP) is 2.69. The number of aliphatic hydroxyl groups excluding tert-OH is 1. The topological polar surface area (TPSA) is 42.4 Å². The Labute approximate surface area is 100 Å². The van der Waals surface area contributed by atoms with Crippen LogP contribution in [0.4, 0.5) is 0 Å². The van der Waals surface area contributed by atoms with Crippen LogP contribution in [0.2, 0.25) is 0 Å². The minimum Gasteiger partial charge on any atom is -0.390 e. The van der Waals surface area contributed by atoms with E-state index in [0.29, 0.717) is 5.92 Å². The average Bonchev–Trinajstić information content (AvgIpc) is 2.78. The van der Waals surface area contributed by atoms with Gasteiger partial charge in [0.05, 0.1) is 12.3 Å². The van der Waals surface area contributed by atoms with E-state index < -0.39 is 0 Å². The molecule has 3 nitrogen and oxygen atoms in total. The standard InChI is InChI=1S/C12H19NO2S/c1-9-4-3-5-12(6-9,15-2)11-13-10(7-14)8-16-11/h8-9,14H,3-7H2,1-2H3. The lowest BCUT2D eigenvalue weighted by Gasteiger charge is -2.37. The zero-order valence-electron chi connectivity index (χ0n) is 9.90. The number of hydrogen-bond donors (Lipinski definition) is 1. The predicted molar refractivity (Wildman–Crippen MR) is 64.4 cm³/mol. The lowest BCUT2D eigenvalue weighted by atomic mass is 9.79. The minimum atomic E-state index is -0.199. The molecule has 2 unspecified atom stereocenters. The van der Waals surface area contributed by atoms with Crippen LogP contribution in [0.3, 0.4) is 0 Å². The van der Waals surface area contributed by atoms with Crippen LogP contribution in [-0.2, 0) is 16.9 Å². The summed E-state index contributed by atoms with van der Waals surface area (Å²) in [5.41, 5.74) is 0.560. The molecule has 90 valence electrons. The van der Waals surface area contributed by atoms with Gasteiger partial charge in [0.15, 0.2) is 0 Å². The molecule has 0 radical (unpaired) electrons. The number of nitrogens with zero attached hydrogens (tertiary/aromatic N) is 1. The van der Waals surface area contributed by atoms with E-state index in [1.54, 1.807) is 18.4 Å². The number of methoxy groups -OCH3 is 1. The fourth-order valence-electron chi connectivity index (χ4n) is 2.56. The van der Waals surface area contributed by atoms with E-state index in [2.05, 4.69) is 11.9 Å². The van der Waals surface area contributed by atoms with Crippen LogP contribution in [0.25, 0.3) is 0 Å². The van der Waals surface area contributed by atoms with Gasteiger partial charge in [-0.05, 0) is 25.2 Å². The molecule has 1 fully saturated rings. The molecule has 2 rings (SSSR count). The molecule has 1 heterocycles. The highest BCUT2D eigenvalue weighted by Gasteiger charge is 2.39. The van der Waals surface area contributed by atoms with Crippen molar-refractivity contribution in [1.29, 1.82) is 0 Å². The Balaban J connectivity index is 2.25. The maximum Gasteiger partial charge on any atom is 0.125 e. The highest BCUT2D eigenvalue weighted by atomic mass is 32.1. The summed E-state index contributed by atoms with van der Waals surface area (Å²) in [5.74, 6) is 0.690. The molecular formula is C12H19NO2S. The first kappa shape index (κ1) is 12.0. The second-order valence-corrected chi connectivity index (χ2v) is 5.56. The lowest BCUT2D eigenvalue weighted by molar-refractivity contribution is -0.0581. The van der Waals surface area contributed by atoms with Crippen LogP contribution in [0.1, 0.15) is 43.3 Å². The minimum absolute atomic E-state index is 0.0197. The van der Waals surface area contributed by atoms with Crippen molar-refractivity contribution in [3.05, 3.63) is 16.1 Å². The SMILES string of the molecule is COC1(c2nc(CO)cs2)CCCC(C)C1. The highest BCUT2D eigenvalue weighted by Crippen LogP contribution is 2.43. The van der Waals surface area contributed by atoms with Gasteiger partial charge in [-0.2, -0.15) is 0 Å². The van der Waals surface area contributed by atoms with Crippen molar-refractivity contribution in [3.8, 4) is 0 Å². The van der Waals surface area contributed by atoms with Gasteiger partial charge < -0.3 is 9.84 Å². The van der Waals surface area contributed by atoms with E-state index in [9.17, 15) is 0 Å². The second-order valence-electron chi connectivity index (χ2n) is 4.70. The Hall–Kier alpha value is -0.450. The highest BCUT2D eigenvalue weighted by molar-refractivity contribution is 7.09. The Bertz CT molecular complexity index is 353. The number of aromatic nitrogens is 1. The number of ether oxygens (including phenoxy) is 1. The average molecular weight is 241 g/mol. The molecule has 1 aromatic rings. The Kier molecular flexibility index (Phi) is 3.62. The van der Waals surface area contributed by atoms with E-state index in [1.807, 2.05) is 5.38 Å². The number of rotatable bonds is 3. The normalized spacial score (nSPS) is 30.6. The van der Waals surface area contributed by atoms with Crippen molar-refractivity contribution in [1.82, 2.24) is 4.98 Å². The molecule has 16 heavy (non-hydrogen) atoms. The molecule has 0 saturated heterocycles. The maximum absolute atomic E-state index is 9.06. The maximum atomic E-state index is 9.06. The zero-order chi connectivity index (χ0) is 11.6. The van der Waals surface area contributed by atoms with Crippen LogP contribution in [0.5, 0.6) is 0 Å². The van der Waals surface area contributed by atoms with E-state index in [0.717, 1.165) is 23.5 Å². The smallest absolute Gasteiger partial charge is 0.125 e. The molecule has 2 atom stereocenters. The van der Waals surface area contributed by atoms with E-state index in [4.69, 9.17) is 9.84 Å². The Morgan fingerprint density at radius 3 is 3.06 bits per heavy atom. The first-order valence-electron chi connectivity index (χ1n) is 5.81. The molecular weight excluding hydrogens is 222 g/mol. The van der Waals surface area contributed by atoms with Crippen LogP contribution >= 0.6 is 11.3 Å². The van der Waals surface area contributed by atoms with Crippen molar-refractivity contribution >= 4 is 11.3 Å². The summed E-state index contributed by atoms with van der Waals surface area (Å²) in [7, 11) is 1.78. The quantitative estimate of drug-likeness (QED) is 0.884. The van der Waals surface area contributed by atoms with Crippen molar-refractivity contribution < 1.29 is 9.84 Å². The van der Waals surface area contributed by atoms with Gasteiger partial charge in [-0.15, -0.1) is 11.3 Å². The number of thiazole rings is 1. The van der Waals surface area contributed by atoms with Gasteiger partial charge in [-0.25, -0.2) is 4.98 Å². The first-order chi connectivity index (χ1) is 7.70. The third-order valence-corrected chi connectivity index (χ3v) is 4.53. The summed E-state index contributed by atoms with van der Waals surface area (Å²) in [6, 6.07) is 0. The molecule has 0 spiro atoms. The zero-order valence-corrected chi connectivity index (χ0v) is 10.7. The summed E-state index contributed by atoms with van der Waals surface area (Å²) in [6.07, 6.45) is 4.57. The van der Waals surface area contributed by atoms with Crippen molar-refractivity contribution in [2.24, 2.45) is 5.92 Å². The van der Waals surface area contributed by atoms with Gasteiger partial charge in [-0.1, -0.05) is 13.3 Å². The van der Waals surface area contributed by atoms with E-state index in [-0.39, 0.29) is 12.2 Å². The molecule has 0 aliphatic heterocycles. The molecule has 1 N–H and O–H groups in total. The van der Waals surface area contributed by atoms with Gasteiger partial charge in [0.1, 0.15) is 10.6 Å². The number of hydrogen-bond acceptors (Lipinski definition) is 4. The third kappa shape index (κ3) is 2.14. The van der Waals surface area contributed by atoms with Crippen molar-refractivity contribution in [3.63, 3.8) is 0 Å². The van der Waals surface area contributed by atoms with Crippen LogP contribution in [0, 0.1) is 5.92 Å². The molecule has 1 aromatic heterocycles. The first-order valence-corrected chi connectivity index (χ1v) is 6.69. The van der Waals surface area contributed by atoms with Gasteiger partial charge in [0, 0.05) is 12.5 Å². The molecule has 0 aromatic carbocycles. The van der Waals surface area contributed by atoms with Crippen LogP contribution < -0.4 is 0 Å². The Morgan fingerprint density at radius 1 is 1.69 bits per heavy atom. The van der Waals surface area contributed by atoms with Gasteiger partial charge in [0.2, 0.25) is 0 Å². The van der Waals surface area contributed by atoms with Crippen LogP contribution in [0.15, 0.2) is 5.38 Å². The monoisotopic (exact) mass is 241 g/mol. The molecule has 1 saturated carbocycles. The fourth-order valence-corrected chi connectivity index (χ4v) is 3.59. The molecule has 4 heteroatoms. The Morgan fingerprint density at radius 2 is 2.50 bits per heavy atom. The van der Waals surface area contributed by atoms with Gasteiger partial charge >= 0.3 is 0 Å². The van der Waals surface area contributed by atoms with Crippen molar-refractivity contribution in [2.75, 3.05) is 7.11 Å². The van der Waals surface area contributed by atoms with Gasteiger partial charge in [0.25, 0.3) is 0 Å². The summed E-state index contributed by atoms with van der Waals surface area (Å²) < 4.78 is 5.76. The van der Waals surface area contributed by atoms with E-state index >= 15 is 0 Å². The largest absolute Gasteiger partial charge is 0.390 e. The third-order valence-electron chi connectivity index (χ3n) is 3.45. The second kappa shape index (κ2) is 4.82. The summed E-state index contributed by atoms with van der Waals surface area (Å²) in [6.45, 7) is 2.29. The van der Waals surface area contributed by atoms with Crippen molar-refractivity contribution in [2.45, 2.75) is 44.8 Å². The summed E-state index contributed by atoms with van der Waals surface area (Å²) >= 11 is 1.61. The summed E-state index contributed by atoms with van der Waals surface area (Å²) in [4.78, 5) is 4.47. The van der Waals surface area contributed by atoms with Crippen LogP contribution in [-0.4, -0.2) is 17.2 Å². The fraction of sp³-hybridized carbons (Fsp3) is 0.750. The molecule has 0 amide bonds. The molecule has 1 aliphatic rings. The lowest BCUT2D eigenvalue weighted by Crippen LogP contribution is -2.34. The summed E-state index contributed by atoms with van der Waals surface area (Å²) in [5, 5.41) is 12.0. The molecule has 0 bridgehead atoms. The van der Waals surface area contributed by atoms with E-state index in [1.165, 1.54) is 12.8 Å². The van der Waals surface area contributed by atoms with Gasteiger partial charge in [-0.3, -0.25) is 0 Å².